The molecule has 0 saturated carbocycles. The fraction of sp³-hybridized carbons (Fsp3) is 0.462. The number of amides is 1. The van der Waals surface area contributed by atoms with Gasteiger partial charge in [0.15, 0.2) is 0 Å². The average molecular weight is 381 g/mol. The van der Waals surface area contributed by atoms with Gasteiger partial charge in [-0.3, -0.25) is 4.79 Å². The summed E-state index contributed by atoms with van der Waals surface area (Å²) in [6, 6.07) is 6.02. The van der Waals surface area contributed by atoms with Crippen LogP contribution in [0.4, 0.5) is 5.69 Å². The van der Waals surface area contributed by atoms with Gasteiger partial charge in [0.2, 0.25) is 5.91 Å². The van der Waals surface area contributed by atoms with Gasteiger partial charge < -0.3 is 10.6 Å². The molecule has 2 N–H and O–H groups in total. The Morgan fingerprint density at radius 3 is 2.89 bits per heavy atom. The first-order valence-electron chi connectivity index (χ1n) is 5.94. The zero-order valence-electron chi connectivity index (χ0n) is 10.3. The molecule has 0 aliphatic carbocycles. The molecule has 1 heterocycles. The highest BCUT2D eigenvalue weighted by atomic mass is 127. The van der Waals surface area contributed by atoms with Crippen molar-refractivity contribution in [2.75, 3.05) is 18.4 Å². The van der Waals surface area contributed by atoms with Crippen LogP contribution in [0.2, 0.25) is 0 Å². The summed E-state index contributed by atoms with van der Waals surface area (Å²) < 4.78 is 1.18. The van der Waals surface area contributed by atoms with Gasteiger partial charge >= 0.3 is 0 Å². The molecule has 0 radical (unpaired) electrons. The van der Waals surface area contributed by atoms with E-state index in [9.17, 15) is 4.79 Å². The number of nitrogens with one attached hydrogen (secondary N) is 2. The molecular weight excluding hydrogens is 363 g/mol. The van der Waals surface area contributed by atoms with E-state index in [1.165, 1.54) is 9.13 Å². The van der Waals surface area contributed by atoms with Crippen LogP contribution in [0, 0.1) is 16.4 Å². The van der Waals surface area contributed by atoms with Gasteiger partial charge in [0.1, 0.15) is 0 Å². The summed E-state index contributed by atoms with van der Waals surface area (Å²) in [5, 5.41) is 6.26. The van der Waals surface area contributed by atoms with Crippen LogP contribution in [-0.2, 0) is 4.79 Å². The van der Waals surface area contributed by atoms with E-state index >= 15 is 0 Å². The van der Waals surface area contributed by atoms with Crippen molar-refractivity contribution in [1.82, 2.24) is 5.32 Å². The number of hydrogen-bond acceptors (Lipinski definition) is 2. The van der Waals surface area contributed by atoms with E-state index in [-0.39, 0.29) is 24.2 Å². The number of halogens is 2. The Kier molecular flexibility index (Phi) is 6.38. The van der Waals surface area contributed by atoms with Gasteiger partial charge in [-0.15, -0.1) is 12.4 Å². The Morgan fingerprint density at radius 2 is 2.28 bits per heavy atom. The molecule has 1 atom stereocenters. The second-order valence-electron chi connectivity index (χ2n) is 4.50. The quantitative estimate of drug-likeness (QED) is 0.775. The van der Waals surface area contributed by atoms with Crippen LogP contribution in [0.3, 0.4) is 0 Å². The standard InChI is InChI=1S/C13H17IN2O.ClH/c1-9-4-5-11(7-12(9)14)16-13(17)10-3-2-6-15-8-10;/h4-5,7,10,15H,2-3,6,8H2,1H3,(H,16,17);1H. The minimum absolute atomic E-state index is 0. The molecular formula is C13H18ClIN2O. The minimum atomic E-state index is 0. The van der Waals surface area contributed by atoms with Crippen LogP contribution in [0.5, 0.6) is 0 Å². The van der Waals surface area contributed by atoms with Gasteiger partial charge in [0.25, 0.3) is 0 Å². The topological polar surface area (TPSA) is 41.1 Å². The van der Waals surface area contributed by atoms with Crippen molar-refractivity contribution >= 4 is 46.6 Å². The third-order valence-corrected chi connectivity index (χ3v) is 4.27. The molecule has 0 aromatic heterocycles. The first kappa shape index (κ1) is 15.7. The molecule has 1 fully saturated rings. The zero-order valence-corrected chi connectivity index (χ0v) is 13.3. The van der Waals surface area contributed by atoms with E-state index in [1.807, 2.05) is 18.2 Å². The van der Waals surface area contributed by atoms with Crippen molar-refractivity contribution in [3.63, 3.8) is 0 Å². The van der Waals surface area contributed by atoms with Crippen molar-refractivity contribution in [3.05, 3.63) is 27.3 Å². The summed E-state index contributed by atoms with van der Waals surface area (Å²) in [6.45, 7) is 3.90. The average Bonchev–Trinajstić information content (AvgIpc) is 2.35. The van der Waals surface area contributed by atoms with Crippen LogP contribution in [0.25, 0.3) is 0 Å². The molecule has 2 rings (SSSR count). The number of aryl methyl sites for hydroxylation is 1. The lowest BCUT2D eigenvalue weighted by atomic mass is 9.99. The molecule has 100 valence electrons. The van der Waals surface area contributed by atoms with Crippen molar-refractivity contribution in [2.24, 2.45) is 5.92 Å². The van der Waals surface area contributed by atoms with Gasteiger partial charge in [-0.25, -0.2) is 0 Å². The first-order chi connectivity index (χ1) is 8.16. The first-order valence-corrected chi connectivity index (χ1v) is 7.02. The summed E-state index contributed by atoms with van der Waals surface area (Å²) in [4.78, 5) is 12.0. The van der Waals surface area contributed by atoms with Crippen LogP contribution in [0.15, 0.2) is 18.2 Å². The summed E-state index contributed by atoms with van der Waals surface area (Å²) in [5.74, 6) is 0.250. The number of carbonyl (C=O) groups excluding carboxylic acids is 1. The SMILES string of the molecule is Cc1ccc(NC(=O)C2CCCNC2)cc1I.Cl. The number of benzene rings is 1. The zero-order chi connectivity index (χ0) is 12.3. The minimum Gasteiger partial charge on any atom is -0.326 e. The molecule has 1 aromatic rings. The van der Waals surface area contributed by atoms with E-state index in [0.29, 0.717) is 0 Å². The highest BCUT2D eigenvalue weighted by Gasteiger charge is 2.20. The number of piperidine rings is 1. The molecule has 0 spiro atoms. The molecule has 1 amide bonds. The Bertz CT molecular complexity index is 419. The normalized spacial score (nSPS) is 18.9. The van der Waals surface area contributed by atoms with Gasteiger partial charge in [-0.2, -0.15) is 0 Å². The van der Waals surface area contributed by atoms with Gasteiger partial charge in [0, 0.05) is 15.8 Å². The van der Waals surface area contributed by atoms with Crippen LogP contribution in [-0.4, -0.2) is 19.0 Å². The molecule has 1 aromatic carbocycles. The molecule has 1 aliphatic rings. The predicted octanol–water partition coefficient (Wildman–Crippen LogP) is 2.96. The van der Waals surface area contributed by atoms with Gasteiger partial charge in [-0.05, 0) is 66.6 Å². The van der Waals surface area contributed by atoms with Crippen molar-refractivity contribution in [2.45, 2.75) is 19.8 Å². The molecule has 18 heavy (non-hydrogen) atoms. The Balaban J connectivity index is 0.00000162. The Labute approximate surface area is 128 Å². The maximum atomic E-state index is 12.0. The second-order valence-corrected chi connectivity index (χ2v) is 5.66. The summed E-state index contributed by atoms with van der Waals surface area (Å²) in [7, 11) is 0. The monoisotopic (exact) mass is 380 g/mol. The van der Waals surface area contributed by atoms with Gasteiger partial charge in [-0.1, -0.05) is 6.07 Å². The van der Waals surface area contributed by atoms with Crippen molar-refractivity contribution < 1.29 is 4.79 Å². The van der Waals surface area contributed by atoms with E-state index in [2.05, 4.69) is 40.1 Å². The lowest BCUT2D eigenvalue weighted by Crippen LogP contribution is -2.37. The molecule has 3 nitrogen and oxygen atoms in total. The Hall–Kier alpha value is -0.330. The number of carbonyl (C=O) groups is 1. The fourth-order valence-electron chi connectivity index (χ4n) is 1.99. The number of anilines is 1. The van der Waals surface area contributed by atoms with E-state index in [4.69, 9.17) is 0 Å². The molecule has 0 bridgehead atoms. The summed E-state index contributed by atoms with van der Waals surface area (Å²) >= 11 is 2.29. The molecule has 1 saturated heterocycles. The summed E-state index contributed by atoms with van der Waals surface area (Å²) in [5.41, 5.74) is 2.14. The summed E-state index contributed by atoms with van der Waals surface area (Å²) in [6.07, 6.45) is 2.07. The lowest BCUT2D eigenvalue weighted by molar-refractivity contribution is -0.120. The van der Waals surface area contributed by atoms with Crippen LogP contribution >= 0.6 is 35.0 Å². The lowest BCUT2D eigenvalue weighted by Gasteiger charge is -2.22. The highest BCUT2D eigenvalue weighted by molar-refractivity contribution is 14.1. The van der Waals surface area contributed by atoms with E-state index in [0.717, 1.165) is 31.6 Å². The largest absolute Gasteiger partial charge is 0.326 e. The maximum Gasteiger partial charge on any atom is 0.228 e. The number of hydrogen-bond donors (Lipinski definition) is 2. The molecule has 1 unspecified atom stereocenters. The highest BCUT2D eigenvalue weighted by Crippen LogP contribution is 2.19. The molecule has 5 heteroatoms. The third kappa shape index (κ3) is 4.10. The van der Waals surface area contributed by atoms with E-state index < -0.39 is 0 Å². The van der Waals surface area contributed by atoms with Crippen molar-refractivity contribution in [1.29, 1.82) is 0 Å². The number of rotatable bonds is 2. The van der Waals surface area contributed by atoms with Crippen LogP contribution < -0.4 is 10.6 Å². The van der Waals surface area contributed by atoms with Gasteiger partial charge in [0.05, 0.1) is 5.92 Å². The maximum absolute atomic E-state index is 12.0. The molecule has 1 aliphatic heterocycles. The van der Waals surface area contributed by atoms with Crippen LogP contribution in [0.1, 0.15) is 18.4 Å². The smallest absolute Gasteiger partial charge is 0.228 e. The third-order valence-electron chi connectivity index (χ3n) is 3.11. The van der Waals surface area contributed by atoms with E-state index in [1.54, 1.807) is 0 Å². The second kappa shape index (κ2) is 7.31. The fourth-order valence-corrected chi connectivity index (χ4v) is 2.51. The predicted molar refractivity (Wildman–Crippen MR) is 85.4 cm³/mol. The van der Waals surface area contributed by atoms with Crippen molar-refractivity contribution in [3.8, 4) is 0 Å². The Morgan fingerprint density at radius 1 is 1.50 bits per heavy atom.